The van der Waals surface area contributed by atoms with Gasteiger partial charge in [-0.1, -0.05) is 49.7 Å². The van der Waals surface area contributed by atoms with E-state index in [1.807, 2.05) is 51.1 Å². The number of hydrogen-bond acceptors (Lipinski definition) is 3. The van der Waals surface area contributed by atoms with Gasteiger partial charge >= 0.3 is 0 Å². The highest BCUT2D eigenvalue weighted by Crippen LogP contribution is 2.44. The van der Waals surface area contributed by atoms with Crippen molar-refractivity contribution in [3.05, 3.63) is 64.7 Å². The van der Waals surface area contributed by atoms with Gasteiger partial charge in [-0.05, 0) is 74.4 Å². The Morgan fingerprint density at radius 2 is 1.87 bits per heavy atom. The molecular weight excluding hydrogens is 410 g/mol. The van der Waals surface area contributed by atoms with Crippen LogP contribution in [0.15, 0.2) is 48.5 Å². The maximum atomic E-state index is 12.1. The molecule has 1 amide bonds. The second-order valence-electron chi connectivity index (χ2n) is 9.81. The summed E-state index contributed by atoms with van der Waals surface area (Å²) in [6, 6.07) is 16.1. The highest BCUT2D eigenvalue weighted by Gasteiger charge is 2.35. The molecule has 1 fully saturated rings. The summed E-state index contributed by atoms with van der Waals surface area (Å²) < 4.78 is 12.2. The van der Waals surface area contributed by atoms with E-state index in [0.717, 1.165) is 17.0 Å². The molecule has 0 radical (unpaired) electrons. The minimum Gasteiger partial charge on any atom is -0.484 e. The first-order valence-corrected chi connectivity index (χ1v) is 11.4. The van der Waals surface area contributed by atoms with Crippen molar-refractivity contribution in [3.63, 3.8) is 0 Å². The van der Waals surface area contributed by atoms with E-state index >= 15 is 0 Å². The van der Waals surface area contributed by atoms with Crippen LogP contribution in [0.25, 0.3) is 0 Å². The van der Waals surface area contributed by atoms with Crippen molar-refractivity contribution in [1.29, 1.82) is 0 Å². The van der Waals surface area contributed by atoms with Crippen LogP contribution in [-0.4, -0.2) is 24.7 Å². The molecule has 1 aliphatic heterocycles. The monoisotopic (exact) mass is 443 g/mol. The fraction of sp³-hybridized carbons (Fsp3) is 0.500. The molecule has 0 unspecified atom stereocenters. The molecule has 0 saturated carbocycles. The maximum Gasteiger partial charge on any atom is 0.258 e. The Balaban J connectivity index is 1.69. The lowest BCUT2D eigenvalue weighted by Crippen LogP contribution is -2.43. The lowest BCUT2D eigenvalue weighted by Gasteiger charge is -2.39. The number of rotatable bonds is 6. The first-order valence-electron chi connectivity index (χ1n) is 11.0. The van der Waals surface area contributed by atoms with Gasteiger partial charge in [-0.15, -0.1) is 0 Å². The predicted octanol–water partition coefficient (Wildman–Crippen LogP) is 6.15. The first kappa shape index (κ1) is 23.6. The van der Waals surface area contributed by atoms with Gasteiger partial charge < -0.3 is 14.8 Å². The van der Waals surface area contributed by atoms with E-state index in [1.54, 1.807) is 0 Å². The number of carbonyl (C=O) groups is 1. The Morgan fingerprint density at radius 1 is 1.16 bits per heavy atom. The van der Waals surface area contributed by atoms with Crippen molar-refractivity contribution in [2.24, 2.45) is 11.8 Å². The van der Waals surface area contributed by atoms with Crippen LogP contribution < -0.4 is 10.1 Å². The zero-order valence-electron chi connectivity index (χ0n) is 19.2. The molecule has 5 heteroatoms. The van der Waals surface area contributed by atoms with Crippen LogP contribution in [0.4, 0.5) is 0 Å². The van der Waals surface area contributed by atoms with Gasteiger partial charge in [0, 0.05) is 16.5 Å². The molecule has 0 aromatic heterocycles. The van der Waals surface area contributed by atoms with Gasteiger partial charge in [0.05, 0.1) is 12.7 Å². The predicted molar refractivity (Wildman–Crippen MR) is 126 cm³/mol. The molecular formula is C26H34ClNO3. The first-order chi connectivity index (χ1) is 14.6. The Bertz CT molecular complexity index is 873. The summed E-state index contributed by atoms with van der Waals surface area (Å²) >= 11 is 6.06. The third kappa shape index (κ3) is 6.72. The normalized spacial score (nSPS) is 21.7. The van der Waals surface area contributed by atoms with Crippen molar-refractivity contribution in [2.75, 3.05) is 13.2 Å². The van der Waals surface area contributed by atoms with Gasteiger partial charge in [0.15, 0.2) is 6.61 Å². The molecule has 168 valence electrons. The third-order valence-corrected chi connectivity index (χ3v) is 5.94. The summed E-state index contributed by atoms with van der Waals surface area (Å²) in [5.74, 6) is 1.78. The van der Waals surface area contributed by atoms with Crippen molar-refractivity contribution in [1.82, 2.24) is 5.32 Å². The lowest BCUT2D eigenvalue weighted by molar-refractivity contribution is -0.124. The molecule has 2 aromatic carbocycles. The number of ether oxygens (including phenoxy) is 2. The van der Waals surface area contributed by atoms with Crippen LogP contribution in [0.2, 0.25) is 5.02 Å². The van der Waals surface area contributed by atoms with E-state index < -0.39 is 0 Å². The third-order valence-electron chi connectivity index (χ3n) is 5.69. The number of halogens is 1. The smallest absolute Gasteiger partial charge is 0.258 e. The fourth-order valence-electron chi connectivity index (χ4n) is 4.18. The van der Waals surface area contributed by atoms with Gasteiger partial charge in [0.25, 0.3) is 5.91 Å². The van der Waals surface area contributed by atoms with Crippen LogP contribution in [0.3, 0.4) is 0 Å². The van der Waals surface area contributed by atoms with Gasteiger partial charge in [0.2, 0.25) is 0 Å². The van der Waals surface area contributed by atoms with Crippen molar-refractivity contribution >= 4 is 17.5 Å². The molecule has 1 N–H and O–H groups in total. The Labute approximate surface area is 191 Å². The zero-order chi connectivity index (χ0) is 22.6. The summed E-state index contributed by atoms with van der Waals surface area (Å²) in [6.07, 6.45) is 1.07. The van der Waals surface area contributed by atoms with E-state index in [1.165, 1.54) is 5.56 Å². The number of carbonyl (C=O) groups excluding carboxylic acids is 1. The second kappa shape index (κ2) is 10.1. The number of nitrogens with one attached hydrogen (secondary N) is 1. The van der Waals surface area contributed by atoms with E-state index in [4.69, 9.17) is 21.1 Å². The summed E-state index contributed by atoms with van der Waals surface area (Å²) in [5, 5.41) is 3.67. The van der Waals surface area contributed by atoms with Crippen LogP contribution in [-0.2, 0) is 9.53 Å². The van der Waals surface area contributed by atoms with E-state index in [2.05, 4.69) is 37.4 Å². The quantitative estimate of drug-likeness (QED) is 0.582. The van der Waals surface area contributed by atoms with Gasteiger partial charge in [-0.3, -0.25) is 4.79 Å². The van der Waals surface area contributed by atoms with Crippen molar-refractivity contribution in [2.45, 2.75) is 58.6 Å². The molecule has 3 atom stereocenters. The van der Waals surface area contributed by atoms with Crippen LogP contribution in [0, 0.1) is 11.8 Å². The molecule has 1 aliphatic rings. The van der Waals surface area contributed by atoms with Crippen LogP contribution in [0.5, 0.6) is 5.75 Å². The number of amides is 1. The second-order valence-corrected chi connectivity index (χ2v) is 10.2. The van der Waals surface area contributed by atoms with E-state index in [-0.39, 0.29) is 24.2 Å². The maximum absolute atomic E-state index is 12.1. The molecule has 2 aromatic rings. The van der Waals surface area contributed by atoms with Crippen molar-refractivity contribution < 1.29 is 14.3 Å². The average molecular weight is 444 g/mol. The molecule has 0 aliphatic carbocycles. The molecule has 4 nitrogen and oxygen atoms in total. The largest absolute Gasteiger partial charge is 0.484 e. The lowest BCUT2D eigenvalue weighted by atomic mass is 9.76. The minimum absolute atomic E-state index is 0.00149. The highest BCUT2D eigenvalue weighted by atomic mass is 35.5. The summed E-state index contributed by atoms with van der Waals surface area (Å²) in [6.45, 7) is 11.0. The standard InChI is InChI=1S/C26H34ClNO3/c1-17(2)23-14-20(18-9-11-21(27)12-10-18)15-31-25(23)19-7-6-8-22(13-19)30-16-24(29)28-26(3,4)5/h6-13,17,20,23,25H,14-16H2,1-5H3,(H,28,29)/t20-,23-,25-/m0/s1. The highest BCUT2D eigenvalue weighted by molar-refractivity contribution is 6.30. The average Bonchev–Trinajstić information content (AvgIpc) is 2.71. The Morgan fingerprint density at radius 3 is 2.52 bits per heavy atom. The number of hydrogen-bond donors (Lipinski definition) is 1. The summed E-state index contributed by atoms with van der Waals surface area (Å²) in [4.78, 5) is 12.1. The fourth-order valence-corrected chi connectivity index (χ4v) is 4.31. The molecule has 3 rings (SSSR count). The van der Waals surface area contributed by atoms with Crippen LogP contribution >= 0.6 is 11.6 Å². The molecule has 31 heavy (non-hydrogen) atoms. The molecule has 1 heterocycles. The minimum atomic E-state index is -0.274. The topological polar surface area (TPSA) is 47.6 Å². The Hall–Kier alpha value is -2.04. The van der Waals surface area contributed by atoms with E-state index in [9.17, 15) is 4.79 Å². The molecule has 1 saturated heterocycles. The molecule has 0 bridgehead atoms. The molecule has 0 spiro atoms. The van der Waals surface area contributed by atoms with Crippen LogP contribution in [0.1, 0.15) is 64.2 Å². The summed E-state index contributed by atoms with van der Waals surface area (Å²) in [5.41, 5.74) is 2.10. The van der Waals surface area contributed by atoms with Gasteiger partial charge in [-0.25, -0.2) is 0 Å². The zero-order valence-corrected chi connectivity index (χ0v) is 19.9. The van der Waals surface area contributed by atoms with Gasteiger partial charge in [0.1, 0.15) is 5.75 Å². The number of benzene rings is 2. The van der Waals surface area contributed by atoms with Crippen molar-refractivity contribution in [3.8, 4) is 5.75 Å². The Kier molecular flexibility index (Phi) is 7.66. The summed E-state index contributed by atoms with van der Waals surface area (Å²) in [7, 11) is 0. The van der Waals surface area contributed by atoms with E-state index in [0.29, 0.717) is 30.1 Å². The SMILES string of the molecule is CC(C)[C@@H]1C[C@H](c2ccc(Cl)cc2)CO[C@H]1c1cccc(OCC(=O)NC(C)(C)C)c1. The van der Waals surface area contributed by atoms with Gasteiger partial charge in [-0.2, -0.15) is 0 Å².